The molecule has 2 aliphatic rings. The first kappa shape index (κ1) is 15.3. The first-order valence-corrected chi connectivity index (χ1v) is 10.8. The lowest BCUT2D eigenvalue weighted by molar-refractivity contribution is 0.561. The highest BCUT2D eigenvalue weighted by Crippen LogP contribution is 2.56. The molecule has 6 rings (SSSR count). The van der Waals surface area contributed by atoms with Gasteiger partial charge in [0, 0.05) is 11.6 Å². The Morgan fingerprint density at radius 3 is 1.74 bits per heavy atom. The van der Waals surface area contributed by atoms with Gasteiger partial charge in [-0.05, 0) is 30.3 Å². The summed E-state index contributed by atoms with van der Waals surface area (Å²) in [5.41, 5.74) is 1.04. The average molecular weight is 393 g/mol. The van der Waals surface area contributed by atoms with Gasteiger partial charge in [0.25, 0.3) is 0 Å². The molecule has 0 radical (unpaired) electrons. The summed E-state index contributed by atoms with van der Waals surface area (Å²) in [6.07, 6.45) is 2.04. The molecular formula is C20H13NO4P2. The van der Waals surface area contributed by atoms with Crippen LogP contribution >= 0.6 is 16.9 Å². The molecule has 0 aliphatic carbocycles. The van der Waals surface area contributed by atoms with Crippen LogP contribution in [0.1, 0.15) is 0 Å². The molecule has 3 heterocycles. The third kappa shape index (κ3) is 2.39. The Morgan fingerprint density at radius 1 is 0.593 bits per heavy atom. The smallest absolute Gasteiger partial charge is 0.421 e. The van der Waals surface area contributed by atoms with Crippen molar-refractivity contribution in [3.8, 4) is 23.0 Å². The molecule has 0 amide bonds. The van der Waals surface area contributed by atoms with Gasteiger partial charge in [0.15, 0.2) is 23.0 Å². The largest absolute Gasteiger partial charge is 0.431 e. The van der Waals surface area contributed by atoms with E-state index >= 15 is 0 Å². The molecule has 0 fully saturated rings. The highest BCUT2D eigenvalue weighted by Gasteiger charge is 2.34. The Labute approximate surface area is 157 Å². The monoisotopic (exact) mass is 393 g/mol. The minimum Gasteiger partial charge on any atom is -0.431 e. The number of rotatable bonds is 2. The van der Waals surface area contributed by atoms with Gasteiger partial charge in [-0.2, -0.15) is 0 Å². The van der Waals surface area contributed by atoms with Crippen molar-refractivity contribution < 1.29 is 18.1 Å². The third-order valence-corrected chi connectivity index (χ3v) is 7.32. The molecular weight excluding hydrogens is 380 g/mol. The molecule has 0 saturated carbocycles. The number of fused-ring (bicyclic) bond motifs is 3. The molecule has 0 atom stereocenters. The van der Waals surface area contributed by atoms with Gasteiger partial charge in [-0.25, -0.2) is 0 Å². The minimum atomic E-state index is -1.30. The summed E-state index contributed by atoms with van der Waals surface area (Å²) < 4.78 is 26.4. The maximum absolute atomic E-state index is 6.09. The van der Waals surface area contributed by atoms with Crippen LogP contribution in [-0.4, -0.2) is 4.34 Å². The first-order valence-electron chi connectivity index (χ1n) is 8.47. The van der Waals surface area contributed by atoms with E-state index in [2.05, 4.69) is 16.5 Å². The SMILES string of the molecule is c1ccc2c(c1)OP(c1cn(P3Oc4ccccc4O3)c3ccccc13)O2. The Kier molecular flexibility index (Phi) is 3.34. The molecule has 132 valence electrons. The van der Waals surface area contributed by atoms with Crippen LogP contribution in [0.25, 0.3) is 10.9 Å². The van der Waals surface area contributed by atoms with Crippen LogP contribution in [0.2, 0.25) is 0 Å². The van der Waals surface area contributed by atoms with Crippen molar-refractivity contribution in [1.82, 2.24) is 4.34 Å². The molecule has 0 unspecified atom stereocenters. The Hall–Kier alpha value is -2.74. The summed E-state index contributed by atoms with van der Waals surface area (Å²) >= 11 is 0. The molecule has 0 spiro atoms. The van der Waals surface area contributed by atoms with Crippen LogP contribution in [0.5, 0.6) is 23.0 Å². The van der Waals surface area contributed by atoms with Crippen LogP contribution < -0.4 is 23.4 Å². The predicted octanol–water partition coefficient (Wildman–Crippen LogP) is 5.60. The second kappa shape index (κ2) is 5.88. The molecule has 7 heteroatoms. The van der Waals surface area contributed by atoms with E-state index in [4.69, 9.17) is 18.1 Å². The van der Waals surface area contributed by atoms with Gasteiger partial charge < -0.3 is 18.1 Å². The van der Waals surface area contributed by atoms with Gasteiger partial charge in [0.05, 0.1) is 10.8 Å². The van der Waals surface area contributed by atoms with E-state index in [9.17, 15) is 0 Å². The number of benzene rings is 3. The Morgan fingerprint density at radius 2 is 1.11 bits per heavy atom. The molecule has 2 aliphatic heterocycles. The molecule has 4 aromatic rings. The van der Waals surface area contributed by atoms with Gasteiger partial charge in [0.1, 0.15) is 0 Å². The van der Waals surface area contributed by atoms with Gasteiger partial charge in [-0.3, -0.25) is 4.34 Å². The highest BCUT2D eigenvalue weighted by molar-refractivity contribution is 7.58. The average Bonchev–Trinajstić information content (AvgIpc) is 3.41. The molecule has 1 aromatic heterocycles. The quantitative estimate of drug-likeness (QED) is 0.416. The van der Waals surface area contributed by atoms with E-state index < -0.39 is 16.9 Å². The normalized spacial score (nSPS) is 15.6. The lowest BCUT2D eigenvalue weighted by Crippen LogP contribution is -2.04. The van der Waals surface area contributed by atoms with E-state index in [0.29, 0.717) is 0 Å². The summed E-state index contributed by atoms with van der Waals surface area (Å²) in [7, 11) is -2.54. The lowest BCUT2D eigenvalue weighted by Gasteiger charge is -2.10. The van der Waals surface area contributed by atoms with Crippen LogP contribution in [-0.2, 0) is 0 Å². The fourth-order valence-corrected chi connectivity index (χ4v) is 6.19. The van der Waals surface area contributed by atoms with Gasteiger partial charge in [0.2, 0.25) is 0 Å². The van der Waals surface area contributed by atoms with Crippen molar-refractivity contribution in [3.05, 3.63) is 79.0 Å². The second-order valence-electron chi connectivity index (χ2n) is 6.13. The van der Waals surface area contributed by atoms with Crippen molar-refractivity contribution in [3.63, 3.8) is 0 Å². The maximum atomic E-state index is 6.09. The molecule has 0 saturated heterocycles. The molecule has 0 bridgehead atoms. The fourth-order valence-electron chi connectivity index (χ4n) is 3.20. The number of para-hydroxylation sites is 5. The minimum absolute atomic E-state index is 0.773. The lowest BCUT2D eigenvalue weighted by atomic mass is 10.2. The van der Waals surface area contributed by atoms with Gasteiger partial charge >= 0.3 is 16.9 Å². The summed E-state index contributed by atoms with van der Waals surface area (Å²) in [4.78, 5) is 0. The number of hydrogen-bond acceptors (Lipinski definition) is 4. The molecule has 5 nitrogen and oxygen atoms in total. The van der Waals surface area contributed by atoms with Crippen molar-refractivity contribution in [1.29, 1.82) is 0 Å². The third-order valence-electron chi connectivity index (χ3n) is 4.46. The van der Waals surface area contributed by atoms with E-state index in [-0.39, 0.29) is 0 Å². The summed E-state index contributed by atoms with van der Waals surface area (Å²) in [6, 6.07) is 23.7. The topological polar surface area (TPSA) is 41.9 Å². The highest BCUT2D eigenvalue weighted by atomic mass is 31.2. The van der Waals surface area contributed by atoms with Crippen molar-refractivity contribution in [2.75, 3.05) is 0 Å². The fraction of sp³-hybridized carbons (Fsp3) is 0. The summed E-state index contributed by atoms with van der Waals surface area (Å²) in [5.74, 6) is 3.11. The van der Waals surface area contributed by atoms with Gasteiger partial charge in [-0.15, -0.1) is 0 Å². The van der Waals surface area contributed by atoms with Crippen molar-refractivity contribution in [2.45, 2.75) is 0 Å². The Bertz CT molecular complexity index is 1040. The molecule has 0 N–H and O–H groups in total. The Balaban J connectivity index is 1.42. The van der Waals surface area contributed by atoms with E-state index in [1.54, 1.807) is 0 Å². The first-order chi connectivity index (χ1) is 13.4. The van der Waals surface area contributed by atoms with Crippen LogP contribution in [0.15, 0.2) is 79.0 Å². The van der Waals surface area contributed by atoms with E-state index in [1.165, 1.54) is 0 Å². The summed E-state index contributed by atoms with van der Waals surface area (Å²) in [6.45, 7) is 0. The number of aromatic nitrogens is 1. The standard InChI is InChI=1S/C20H13NO4P2/c1-2-8-15-14(7-1)20(26-22-16-9-3-4-10-17(16)23-26)13-21(15)27-24-18-11-5-6-12-19(18)25-27/h1-13H. The van der Waals surface area contributed by atoms with Crippen LogP contribution in [0.4, 0.5) is 0 Å². The predicted molar refractivity (Wildman–Crippen MR) is 106 cm³/mol. The maximum Gasteiger partial charge on any atom is 0.421 e. The van der Waals surface area contributed by atoms with Crippen LogP contribution in [0, 0.1) is 0 Å². The van der Waals surface area contributed by atoms with Crippen molar-refractivity contribution in [2.24, 2.45) is 0 Å². The zero-order valence-electron chi connectivity index (χ0n) is 14.0. The van der Waals surface area contributed by atoms with E-state index in [0.717, 1.165) is 39.2 Å². The molecule has 3 aromatic carbocycles. The number of hydrogen-bond donors (Lipinski definition) is 0. The second-order valence-corrected chi connectivity index (χ2v) is 8.76. The van der Waals surface area contributed by atoms with Gasteiger partial charge in [-0.1, -0.05) is 42.5 Å². The zero-order valence-corrected chi connectivity index (χ0v) is 15.8. The summed E-state index contributed by atoms with van der Waals surface area (Å²) in [5, 5.41) is 2.10. The zero-order chi connectivity index (χ0) is 17.8. The molecule has 27 heavy (non-hydrogen) atoms. The number of nitrogens with zero attached hydrogens (tertiary/aromatic N) is 1. The van der Waals surface area contributed by atoms with Crippen LogP contribution in [0.3, 0.4) is 0 Å². The van der Waals surface area contributed by atoms with E-state index in [1.807, 2.05) is 66.9 Å². The van der Waals surface area contributed by atoms with Crippen molar-refractivity contribution >= 4 is 33.1 Å².